The number of amides is 1. The van der Waals surface area contributed by atoms with E-state index in [2.05, 4.69) is 10.2 Å². The maximum atomic E-state index is 12.9. The third-order valence-electron chi connectivity index (χ3n) is 4.85. The van der Waals surface area contributed by atoms with E-state index in [0.29, 0.717) is 12.4 Å². The number of benzene rings is 1. The molecule has 1 aliphatic rings. The summed E-state index contributed by atoms with van der Waals surface area (Å²) in [7, 11) is 1.81. The predicted molar refractivity (Wildman–Crippen MR) is 93.2 cm³/mol. The zero-order valence-electron chi connectivity index (χ0n) is 15.0. The molecule has 1 atom stereocenters. The molecule has 0 radical (unpaired) electrons. The van der Waals surface area contributed by atoms with E-state index in [-0.39, 0.29) is 29.0 Å². The molecule has 1 saturated heterocycles. The van der Waals surface area contributed by atoms with Gasteiger partial charge < -0.3 is 13.9 Å². The normalized spacial score (nSPS) is 17.3. The second kappa shape index (κ2) is 6.81. The minimum Gasteiger partial charge on any atom is -0.451 e. The first-order valence-electron chi connectivity index (χ1n) is 8.77. The zero-order valence-corrected chi connectivity index (χ0v) is 15.0. The van der Waals surface area contributed by atoms with Crippen LogP contribution in [-0.2, 0) is 13.2 Å². The van der Waals surface area contributed by atoms with Crippen LogP contribution in [0.25, 0.3) is 11.3 Å². The van der Waals surface area contributed by atoms with Crippen molar-refractivity contribution in [1.82, 2.24) is 19.7 Å². The molecule has 1 aromatic carbocycles. The van der Waals surface area contributed by atoms with Crippen molar-refractivity contribution in [2.75, 3.05) is 6.54 Å². The second-order valence-corrected chi connectivity index (χ2v) is 6.70. The Kier molecular flexibility index (Phi) is 4.44. The standard InChI is InChI=1S/C19H17F3N4O2/c1-25-11-23-24-17(25)14-6-3-9-26(14)18(27)16-8-7-15(28-16)12-4-2-5-13(10-12)19(20,21)22/h2,4-5,7-8,10-11,14H,3,6,9H2,1H3. The third kappa shape index (κ3) is 3.28. The molecule has 2 aromatic heterocycles. The Balaban J connectivity index is 1.59. The summed E-state index contributed by atoms with van der Waals surface area (Å²) in [6.07, 6.45) is -1.28. The molecule has 1 amide bonds. The molecule has 1 unspecified atom stereocenters. The number of alkyl halides is 3. The average molecular weight is 390 g/mol. The number of aryl methyl sites for hydroxylation is 1. The Morgan fingerprint density at radius 2 is 2.07 bits per heavy atom. The van der Waals surface area contributed by atoms with Crippen molar-refractivity contribution in [3.63, 3.8) is 0 Å². The van der Waals surface area contributed by atoms with Crippen molar-refractivity contribution in [2.45, 2.75) is 25.1 Å². The SMILES string of the molecule is Cn1cnnc1C1CCCN1C(=O)c1ccc(-c2cccc(C(F)(F)F)c2)o1. The molecule has 3 heterocycles. The predicted octanol–water partition coefficient (Wildman–Crippen LogP) is 4.07. The van der Waals surface area contributed by atoms with Crippen LogP contribution in [0.5, 0.6) is 0 Å². The van der Waals surface area contributed by atoms with E-state index >= 15 is 0 Å². The van der Waals surface area contributed by atoms with Gasteiger partial charge in [0.25, 0.3) is 5.91 Å². The van der Waals surface area contributed by atoms with E-state index in [4.69, 9.17) is 4.42 Å². The quantitative estimate of drug-likeness (QED) is 0.676. The van der Waals surface area contributed by atoms with Gasteiger partial charge >= 0.3 is 6.18 Å². The summed E-state index contributed by atoms with van der Waals surface area (Å²) in [5, 5.41) is 7.96. The molecule has 9 heteroatoms. The van der Waals surface area contributed by atoms with Gasteiger partial charge in [-0.15, -0.1) is 10.2 Å². The number of carbonyl (C=O) groups is 1. The summed E-state index contributed by atoms with van der Waals surface area (Å²) in [6, 6.07) is 7.62. The van der Waals surface area contributed by atoms with Crippen LogP contribution in [0.4, 0.5) is 13.2 Å². The molecule has 0 aliphatic carbocycles. The van der Waals surface area contributed by atoms with Crippen LogP contribution in [0.1, 0.15) is 40.8 Å². The highest BCUT2D eigenvalue weighted by Gasteiger charge is 2.35. The van der Waals surface area contributed by atoms with Crippen LogP contribution < -0.4 is 0 Å². The number of likely N-dealkylation sites (tertiary alicyclic amines) is 1. The van der Waals surface area contributed by atoms with Gasteiger partial charge in [0, 0.05) is 19.2 Å². The smallest absolute Gasteiger partial charge is 0.416 e. The largest absolute Gasteiger partial charge is 0.451 e. The fraction of sp³-hybridized carbons (Fsp3) is 0.316. The Morgan fingerprint density at radius 3 is 2.79 bits per heavy atom. The van der Waals surface area contributed by atoms with E-state index in [1.807, 2.05) is 7.05 Å². The van der Waals surface area contributed by atoms with Crippen LogP contribution in [-0.4, -0.2) is 32.1 Å². The maximum Gasteiger partial charge on any atom is 0.416 e. The monoisotopic (exact) mass is 390 g/mol. The lowest BCUT2D eigenvalue weighted by Gasteiger charge is -2.22. The number of furan rings is 1. The topological polar surface area (TPSA) is 64.2 Å². The molecule has 3 aromatic rings. The summed E-state index contributed by atoms with van der Waals surface area (Å²) in [4.78, 5) is 14.6. The van der Waals surface area contributed by atoms with Gasteiger partial charge in [0.15, 0.2) is 11.6 Å². The van der Waals surface area contributed by atoms with E-state index in [0.717, 1.165) is 25.0 Å². The minimum absolute atomic E-state index is 0.0847. The Hall–Kier alpha value is -3.10. The van der Waals surface area contributed by atoms with Gasteiger partial charge in [0.2, 0.25) is 0 Å². The molecule has 28 heavy (non-hydrogen) atoms. The molecule has 0 bridgehead atoms. The molecule has 6 nitrogen and oxygen atoms in total. The fourth-order valence-electron chi connectivity index (χ4n) is 3.47. The number of nitrogens with zero attached hydrogens (tertiary/aromatic N) is 4. The van der Waals surface area contributed by atoms with Crippen molar-refractivity contribution >= 4 is 5.91 Å². The Bertz CT molecular complexity index is 1010. The number of halogens is 3. The maximum absolute atomic E-state index is 12.9. The number of carbonyl (C=O) groups excluding carboxylic acids is 1. The first-order chi connectivity index (χ1) is 13.3. The van der Waals surface area contributed by atoms with Crippen molar-refractivity contribution in [3.8, 4) is 11.3 Å². The summed E-state index contributed by atoms with van der Waals surface area (Å²) < 4.78 is 46.2. The summed E-state index contributed by atoms with van der Waals surface area (Å²) in [5.41, 5.74) is -0.503. The number of rotatable bonds is 3. The molecular formula is C19H17F3N4O2. The van der Waals surface area contributed by atoms with Crippen molar-refractivity contribution in [2.24, 2.45) is 7.05 Å². The van der Waals surface area contributed by atoms with Gasteiger partial charge in [-0.1, -0.05) is 12.1 Å². The molecule has 1 aliphatic heterocycles. The van der Waals surface area contributed by atoms with Crippen molar-refractivity contribution in [3.05, 3.63) is 59.9 Å². The molecule has 0 spiro atoms. The summed E-state index contributed by atoms with van der Waals surface area (Å²) in [5.74, 6) is 0.671. The van der Waals surface area contributed by atoms with Crippen molar-refractivity contribution in [1.29, 1.82) is 0 Å². The summed E-state index contributed by atoms with van der Waals surface area (Å²) in [6.45, 7) is 0.552. The lowest BCUT2D eigenvalue weighted by Crippen LogP contribution is -2.31. The van der Waals surface area contributed by atoms with Crippen LogP contribution in [0.2, 0.25) is 0 Å². The van der Waals surface area contributed by atoms with Gasteiger partial charge in [0.05, 0.1) is 11.6 Å². The first kappa shape index (κ1) is 18.3. The van der Waals surface area contributed by atoms with E-state index in [9.17, 15) is 18.0 Å². The van der Waals surface area contributed by atoms with Gasteiger partial charge in [-0.25, -0.2) is 0 Å². The van der Waals surface area contributed by atoms with Crippen molar-refractivity contribution < 1.29 is 22.4 Å². The van der Waals surface area contributed by atoms with E-state index in [1.165, 1.54) is 24.3 Å². The zero-order chi connectivity index (χ0) is 19.9. The van der Waals surface area contributed by atoms with Crippen LogP contribution in [0.15, 0.2) is 47.1 Å². The minimum atomic E-state index is -4.44. The number of hydrogen-bond acceptors (Lipinski definition) is 4. The Labute approximate surface area is 158 Å². The molecule has 0 N–H and O–H groups in total. The van der Waals surface area contributed by atoms with E-state index < -0.39 is 11.7 Å². The van der Waals surface area contributed by atoms with Crippen LogP contribution >= 0.6 is 0 Å². The highest BCUT2D eigenvalue weighted by Crippen LogP contribution is 2.34. The first-order valence-corrected chi connectivity index (χ1v) is 8.77. The molecular weight excluding hydrogens is 373 g/mol. The highest BCUT2D eigenvalue weighted by atomic mass is 19.4. The lowest BCUT2D eigenvalue weighted by molar-refractivity contribution is -0.137. The van der Waals surface area contributed by atoms with Crippen LogP contribution in [0, 0.1) is 0 Å². The van der Waals surface area contributed by atoms with Crippen LogP contribution in [0.3, 0.4) is 0 Å². The molecule has 0 saturated carbocycles. The average Bonchev–Trinajstić information content (AvgIpc) is 3.40. The van der Waals surface area contributed by atoms with Gasteiger partial charge in [0.1, 0.15) is 12.1 Å². The lowest BCUT2D eigenvalue weighted by atomic mass is 10.1. The number of aromatic nitrogens is 3. The highest BCUT2D eigenvalue weighted by molar-refractivity contribution is 5.92. The fourth-order valence-corrected chi connectivity index (χ4v) is 3.47. The van der Waals surface area contributed by atoms with E-state index in [1.54, 1.807) is 15.8 Å². The van der Waals surface area contributed by atoms with Gasteiger partial charge in [-0.05, 0) is 37.1 Å². The number of hydrogen-bond donors (Lipinski definition) is 0. The Morgan fingerprint density at radius 1 is 1.25 bits per heavy atom. The van der Waals surface area contributed by atoms with Gasteiger partial charge in [-0.3, -0.25) is 4.79 Å². The molecule has 146 valence electrons. The molecule has 1 fully saturated rings. The second-order valence-electron chi connectivity index (χ2n) is 6.70. The van der Waals surface area contributed by atoms with Gasteiger partial charge in [-0.2, -0.15) is 13.2 Å². The molecule has 4 rings (SSSR count). The third-order valence-corrected chi connectivity index (χ3v) is 4.85. The summed E-state index contributed by atoms with van der Waals surface area (Å²) >= 11 is 0.